The fourth-order valence-electron chi connectivity index (χ4n) is 2.75. The summed E-state index contributed by atoms with van der Waals surface area (Å²) in [5.41, 5.74) is 0.821. The van der Waals surface area contributed by atoms with E-state index in [9.17, 15) is 4.39 Å². The molecule has 6 nitrogen and oxygen atoms in total. The summed E-state index contributed by atoms with van der Waals surface area (Å²) in [6, 6.07) is 12.4. The lowest BCUT2D eigenvalue weighted by molar-refractivity contribution is 0.212. The van der Waals surface area contributed by atoms with Gasteiger partial charge in [-0.15, -0.1) is 24.0 Å². The van der Waals surface area contributed by atoms with Crippen LogP contribution >= 0.6 is 24.0 Å². The van der Waals surface area contributed by atoms with Crippen molar-refractivity contribution in [2.24, 2.45) is 4.99 Å². The maximum atomic E-state index is 13.9. The summed E-state index contributed by atoms with van der Waals surface area (Å²) < 4.78 is 30.1. The smallest absolute Gasteiger partial charge is 0.193 e. The Balaban J connectivity index is 0.00000420. The van der Waals surface area contributed by atoms with Gasteiger partial charge in [0.1, 0.15) is 6.10 Å². The average Bonchev–Trinajstić information content (AvgIpc) is 2.69. The molecular formula is C21H29FIN3O3. The van der Waals surface area contributed by atoms with Crippen LogP contribution in [0.15, 0.2) is 47.5 Å². The second kappa shape index (κ2) is 12.4. The Labute approximate surface area is 189 Å². The Morgan fingerprint density at radius 1 is 1.10 bits per heavy atom. The number of guanidine groups is 1. The lowest BCUT2D eigenvalue weighted by Crippen LogP contribution is -2.42. The summed E-state index contributed by atoms with van der Waals surface area (Å²) in [6.07, 6.45) is -0.111. The number of hydrogen-bond donors (Lipinski definition) is 1. The number of benzene rings is 2. The first-order chi connectivity index (χ1) is 13.5. The molecule has 2 aromatic carbocycles. The van der Waals surface area contributed by atoms with E-state index in [0.29, 0.717) is 30.5 Å². The number of rotatable bonds is 8. The molecule has 0 aromatic heterocycles. The molecule has 0 spiro atoms. The molecule has 0 heterocycles. The monoisotopic (exact) mass is 517 g/mol. The SMILES string of the molecule is CN=C(NCC(C)Oc1ccccc1OC)N(C)Cc1ccc(OC)c(F)c1.I. The quantitative estimate of drug-likeness (QED) is 0.327. The summed E-state index contributed by atoms with van der Waals surface area (Å²) in [6.45, 7) is 3.01. The molecule has 0 amide bonds. The zero-order chi connectivity index (χ0) is 20.5. The minimum atomic E-state index is -0.379. The lowest BCUT2D eigenvalue weighted by Gasteiger charge is -2.24. The highest BCUT2D eigenvalue weighted by Gasteiger charge is 2.12. The van der Waals surface area contributed by atoms with E-state index >= 15 is 0 Å². The minimum Gasteiger partial charge on any atom is -0.494 e. The number of ether oxygens (including phenoxy) is 3. The van der Waals surface area contributed by atoms with Crippen LogP contribution in [0.4, 0.5) is 4.39 Å². The molecule has 2 aromatic rings. The summed E-state index contributed by atoms with van der Waals surface area (Å²) in [7, 11) is 6.66. The van der Waals surface area contributed by atoms with Gasteiger partial charge >= 0.3 is 0 Å². The van der Waals surface area contributed by atoms with Crippen LogP contribution in [0.1, 0.15) is 12.5 Å². The lowest BCUT2D eigenvalue weighted by atomic mass is 10.2. The number of nitrogens with zero attached hydrogens (tertiary/aromatic N) is 2. The van der Waals surface area contributed by atoms with E-state index in [1.807, 2.05) is 49.2 Å². The van der Waals surface area contributed by atoms with Crippen molar-refractivity contribution in [2.75, 3.05) is 34.9 Å². The first kappa shape index (κ1) is 24.8. The van der Waals surface area contributed by atoms with Crippen LogP contribution in [0.3, 0.4) is 0 Å². The van der Waals surface area contributed by atoms with Gasteiger partial charge in [0.15, 0.2) is 29.0 Å². The van der Waals surface area contributed by atoms with Gasteiger partial charge in [0, 0.05) is 20.6 Å². The van der Waals surface area contributed by atoms with Gasteiger partial charge in [0.25, 0.3) is 0 Å². The molecule has 1 unspecified atom stereocenters. The zero-order valence-corrected chi connectivity index (χ0v) is 19.8. The number of hydrogen-bond acceptors (Lipinski definition) is 4. The third kappa shape index (κ3) is 7.26. The highest BCUT2D eigenvalue weighted by Crippen LogP contribution is 2.26. The average molecular weight is 517 g/mol. The van der Waals surface area contributed by atoms with E-state index in [0.717, 1.165) is 5.56 Å². The molecule has 0 aliphatic carbocycles. The molecular weight excluding hydrogens is 488 g/mol. The van der Waals surface area contributed by atoms with Gasteiger partial charge < -0.3 is 24.4 Å². The van der Waals surface area contributed by atoms with Gasteiger partial charge in [-0.3, -0.25) is 4.99 Å². The predicted octanol–water partition coefficient (Wildman–Crippen LogP) is 3.94. The topological polar surface area (TPSA) is 55.3 Å². The molecule has 0 saturated carbocycles. The summed E-state index contributed by atoms with van der Waals surface area (Å²) in [5, 5.41) is 3.28. The van der Waals surface area contributed by atoms with Crippen LogP contribution in [-0.2, 0) is 6.54 Å². The third-order valence-corrected chi connectivity index (χ3v) is 4.15. The molecule has 1 N–H and O–H groups in total. The number of aliphatic imine (C=N–C) groups is 1. The third-order valence-electron chi connectivity index (χ3n) is 4.15. The number of nitrogens with one attached hydrogen (secondary N) is 1. The summed E-state index contributed by atoms with van der Waals surface area (Å²) in [5.74, 6) is 1.92. The van der Waals surface area contributed by atoms with Crippen molar-refractivity contribution in [3.05, 3.63) is 53.8 Å². The van der Waals surface area contributed by atoms with E-state index in [1.54, 1.807) is 20.2 Å². The van der Waals surface area contributed by atoms with Crippen molar-refractivity contribution in [1.29, 1.82) is 0 Å². The standard InChI is InChI=1S/C21H28FN3O3.HI/c1-15(28-20-9-7-6-8-19(20)27-5)13-24-21(23-2)25(3)14-16-10-11-18(26-4)17(22)12-16;/h6-12,15H,13-14H2,1-5H3,(H,23,24);1H. The fraction of sp³-hybridized carbons (Fsp3) is 0.381. The van der Waals surface area contributed by atoms with Gasteiger partial charge in [-0.2, -0.15) is 0 Å². The van der Waals surface area contributed by atoms with Crippen molar-refractivity contribution in [3.63, 3.8) is 0 Å². The number of methoxy groups -OCH3 is 2. The van der Waals surface area contributed by atoms with E-state index in [2.05, 4.69) is 10.3 Å². The normalized spacial score (nSPS) is 11.9. The van der Waals surface area contributed by atoms with Gasteiger partial charge in [-0.05, 0) is 36.8 Å². The van der Waals surface area contributed by atoms with Gasteiger partial charge in [-0.25, -0.2) is 4.39 Å². The maximum absolute atomic E-state index is 13.9. The second-order valence-corrected chi connectivity index (χ2v) is 6.33. The minimum absolute atomic E-state index is 0. The van der Waals surface area contributed by atoms with Gasteiger partial charge in [0.2, 0.25) is 0 Å². The Morgan fingerprint density at radius 2 is 1.76 bits per heavy atom. The maximum Gasteiger partial charge on any atom is 0.193 e. The molecule has 0 aliphatic heterocycles. The number of para-hydroxylation sites is 2. The molecule has 2 rings (SSSR count). The van der Waals surface area contributed by atoms with Crippen LogP contribution in [0.25, 0.3) is 0 Å². The highest BCUT2D eigenvalue weighted by molar-refractivity contribution is 14.0. The van der Waals surface area contributed by atoms with E-state index < -0.39 is 0 Å². The van der Waals surface area contributed by atoms with Gasteiger partial charge in [-0.1, -0.05) is 18.2 Å². The van der Waals surface area contributed by atoms with E-state index in [1.165, 1.54) is 13.2 Å². The van der Waals surface area contributed by atoms with E-state index in [4.69, 9.17) is 14.2 Å². The van der Waals surface area contributed by atoms with Crippen LogP contribution in [-0.4, -0.2) is 51.8 Å². The molecule has 0 fully saturated rings. The van der Waals surface area contributed by atoms with Crippen molar-refractivity contribution in [2.45, 2.75) is 19.6 Å². The zero-order valence-electron chi connectivity index (χ0n) is 17.4. The molecule has 1 atom stereocenters. The Morgan fingerprint density at radius 3 is 2.34 bits per heavy atom. The molecule has 0 radical (unpaired) electrons. The molecule has 0 aliphatic rings. The van der Waals surface area contributed by atoms with E-state index in [-0.39, 0.29) is 41.6 Å². The molecule has 29 heavy (non-hydrogen) atoms. The largest absolute Gasteiger partial charge is 0.494 e. The fourth-order valence-corrected chi connectivity index (χ4v) is 2.75. The summed E-state index contributed by atoms with van der Waals surface area (Å²) >= 11 is 0. The second-order valence-electron chi connectivity index (χ2n) is 6.33. The van der Waals surface area contributed by atoms with Crippen molar-refractivity contribution >= 4 is 29.9 Å². The Bertz CT molecular complexity index is 804. The predicted molar refractivity (Wildman–Crippen MR) is 124 cm³/mol. The van der Waals surface area contributed by atoms with Crippen molar-refractivity contribution < 1.29 is 18.6 Å². The Hall–Kier alpha value is -2.23. The first-order valence-corrected chi connectivity index (χ1v) is 9.02. The highest BCUT2D eigenvalue weighted by atomic mass is 127. The Kier molecular flexibility index (Phi) is 10.6. The van der Waals surface area contributed by atoms with Crippen LogP contribution in [0.5, 0.6) is 17.2 Å². The molecule has 8 heteroatoms. The van der Waals surface area contributed by atoms with Crippen LogP contribution in [0.2, 0.25) is 0 Å². The summed E-state index contributed by atoms with van der Waals surface area (Å²) in [4.78, 5) is 6.20. The molecule has 0 bridgehead atoms. The van der Waals surface area contributed by atoms with Crippen LogP contribution in [0, 0.1) is 5.82 Å². The molecule has 160 valence electrons. The van der Waals surface area contributed by atoms with Crippen LogP contribution < -0.4 is 19.5 Å². The molecule has 0 saturated heterocycles. The van der Waals surface area contributed by atoms with Crippen molar-refractivity contribution in [3.8, 4) is 17.2 Å². The van der Waals surface area contributed by atoms with Gasteiger partial charge in [0.05, 0.1) is 20.8 Å². The first-order valence-electron chi connectivity index (χ1n) is 9.02. The van der Waals surface area contributed by atoms with Crippen molar-refractivity contribution in [1.82, 2.24) is 10.2 Å². The number of halogens is 2.